The molecular formula is C11H14O4. The number of carbonyl (C=O) groups excluding carboxylic acids is 1. The van der Waals surface area contributed by atoms with E-state index in [0.29, 0.717) is 11.3 Å². The van der Waals surface area contributed by atoms with Crippen molar-refractivity contribution >= 4 is 5.97 Å². The monoisotopic (exact) mass is 210 g/mol. The summed E-state index contributed by atoms with van der Waals surface area (Å²) in [6.07, 6.45) is -0.869. The minimum Gasteiger partial charge on any atom is -0.497 e. The Balaban J connectivity index is 2.65. The average Bonchev–Trinajstić information content (AvgIpc) is 2.29. The van der Waals surface area contributed by atoms with E-state index in [1.54, 1.807) is 31.4 Å². The number of benzene rings is 1. The predicted molar refractivity (Wildman–Crippen MR) is 54.6 cm³/mol. The van der Waals surface area contributed by atoms with Crippen molar-refractivity contribution in [3.05, 3.63) is 29.8 Å². The number of aliphatic hydroxyl groups excluding tert-OH is 1. The zero-order valence-corrected chi connectivity index (χ0v) is 8.77. The van der Waals surface area contributed by atoms with E-state index in [4.69, 9.17) is 4.74 Å². The van der Waals surface area contributed by atoms with Crippen molar-refractivity contribution in [2.75, 3.05) is 14.2 Å². The second kappa shape index (κ2) is 5.36. The topological polar surface area (TPSA) is 55.8 Å². The summed E-state index contributed by atoms with van der Waals surface area (Å²) in [4.78, 5) is 10.9. The normalized spacial score (nSPS) is 11.9. The molecule has 1 aromatic carbocycles. The lowest BCUT2D eigenvalue weighted by atomic mass is 10.1. The van der Waals surface area contributed by atoms with Gasteiger partial charge < -0.3 is 14.6 Å². The van der Waals surface area contributed by atoms with Crippen LogP contribution in [0.3, 0.4) is 0 Å². The van der Waals surface area contributed by atoms with Gasteiger partial charge in [0.1, 0.15) is 5.75 Å². The maximum Gasteiger partial charge on any atom is 0.308 e. The fourth-order valence-corrected chi connectivity index (χ4v) is 1.19. The van der Waals surface area contributed by atoms with E-state index in [1.807, 2.05) is 0 Å². The molecule has 0 spiro atoms. The Bertz CT molecular complexity index is 318. The molecule has 0 saturated heterocycles. The van der Waals surface area contributed by atoms with E-state index in [1.165, 1.54) is 7.11 Å². The molecule has 0 bridgehead atoms. The van der Waals surface area contributed by atoms with Crippen LogP contribution < -0.4 is 4.74 Å². The van der Waals surface area contributed by atoms with Crippen LogP contribution in [0.15, 0.2) is 24.3 Å². The quantitative estimate of drug-likeness (QED) is 0.761. The third kappa shape index (κ3) is 3.25. The van der Waals surface area contributed by atoms with Gasteiger partial charge in [-0.15, -0.1) is 0 Å². The standard InChI is InChI=1S/C11H14O4/c1-14-9-5-3-8(4-6-9)10(12)7-11(13)15-2/h3-6,10,12H,7H2,1-2H3. The Hall–Kier alpha value is -1.55. The average molecular weight is 210 g/mol. The summed E-state index contributed by atoms with van der Waals surface area (Å²) < 4.78 is 9.44. The fourth-order valence-electron chi connectivity index (χ4n) is 1.19. The first-order valence-electron chi connectivity index (χ1n) is 4.56. The number of methoxy groups -OCH3 is 2. The first-order chi connectivity index (χ1) is 7.17. The van der Waals surface area contributed by atoms with Gasteiger partial charge in [0.05, 0.1) is 26.7 Å². The Morgan fingerprint density at radius 2 is 1.93 bits per heavy atom. The van der Waals surface area contributed by atoms with Crippen LogP contribution in [0.4, 0.5) is 0 Å². The van der Waals surface area contributed by atoms with E-state index in [-0.39, 0.29) is 6.42 Å². The number of ether oxygens (including phenoxy) is 2. The summed E-state index contributed by atoms with van der Waals surface area (Å²) in [6.45, 7) is 0. The van der Waals surface area contributed by atoms with Gasteiger partial charge in [-0.1, -0.05) is 12.1 Å². The Kier molecular flexibility index (Phi) is 4.12. The zero-order chi connectivity index (χ0) is 11.3. The number of carbonyl (C=O) groups is 1. The molecule has 0 aliphatic heterocycles. The lowest BCUT2D eigenvalue weighted by Gasteiger charge is -2.09. The summed E-state index contributed by atoms with van der Waals surface area (Å²) in [5.74, 6) is 0.280. The van der Waals surface area contributed by atoms with Crippen molar-refractivity contribution in [1.82, 2.24) is 0 Å². The minimum absolute atomic E-state index is 0.0389. The fraction of sp³-hybridized carbons (Fsp3) is 0.364. The molecule has 1 aromatic rings. The SMILES string of the molecule is COC(=O)CC(O)c1ccc(OC)cc1. The second-order valence-electron chi connectivity index (χ2n) is 3.07. The molecule has 0 saturated carbocycles. The molecule has 0 fully saturated rings. The van der Waals surface area contributed by atoms with E-state index in [9.17, 15) is 9.90 Å². The zero-order valence-electron chi connectivity index (χ0n) is 8.77. The van der Waals surface area contributed by atoms with Crippen molar-refractivity contribution in [3.8, 4) is 5.75 Å². The van der Waals surface area contributed by atoms with Gasteiger partial charge in [0.15, 0.2) is 0 Å². The highest BCUT2D eigenvalue weighted by Crippen LogP contribution is 2.20. The summed E-state index contributed by atoms with van der Waals surface area (Å²) in [5.41, 5.74) is 0.668. The molecule has 4 heteroatoms. The number of hydrogen-bond acceptors (Lipinski definition) is 4. The van der Waals surface area contributed by atoms with Gasteiger partial charge in [0, 0.05) is 0 Å². The van der Waals surface area contributed by atoms with E-state index in [0.717, 1.165) is 0 Å². The van der Waals surface area contributed by atoms with Crippen molar-refractivity contribution in [2.45, 2.75) is 12.5 Å². The van der Waals surface area contributed by atoms with Gasteiger partial charge in [-0.05, 0) is 17.7 Å². The van der Waals surface area contributed by atoms with Crippen LogP contribution in [0.1, 0.15) is 18.1 Å². The molecule has 1 N–H and O–H groups in total. The Morgan fingerprint density at radius 3 is 2.40 bits per heavy atom. The van der Waals surface area contributed by atoms with Gasteiger partial charge >= 0.3 is 5.97 Å². The number of esters is 1. The van der Waals surface area contributed by atoms with Crippen LogP contribution in [0.25, 0.3) is 0 Å². The van der Waals surface area contributed by atoms with Gasteiger partial charge in [0.2, 0.25) is 0 Å². The van der Waals surface area contributed by atoms with Gasteiger partial charge in [-0.25, -0.2) is 0 Å². The Morgan fingerprint density at radius 1 is 1.33 bits per heavy atom. The van der Waals surface area contributed by atoms with Crippen LogP contribution >= 0.6 is 0 Å². The Labute approximate surface area is 88.4 Å². The lowest BCUT2D eigenvalue weighted by Crippen LogP contribution is -2.07. The summed E-state index contributed by atoms with van der Waals surface area (Å²) in [7, 11) is 2.86. The molecule has 4 nitrogen and oxygen atoms in total. The molecule has 0 heterocycles. The number of aliphatic hydroxyl groups is 1. The molecule has 82 valence electrons. The van der Waals surface area contributed by atoms with E-state index in [2.05, 4.69) is 4.74 Å². The van der Waals surface area contributed by atoms with Crippen LogP contribution in [0.2, 0.25) is 0 Å². The second-order valence-corrected chi connectivity index (χ2v) is 3.07. The maximum absolute atomic E-state index is 10.9. The van der Waals surface area contributed by atoms with Gasteiger partial charge in [-0.3, -0.25) is 4.79 Å². The lowest BCUT2D eigenvalue weighted by molar-refractivity contribution is -0.142. The molecular weight excluding hydrogens is 196 g/mol. The van der Waals surface area contributed by atoms with Crippen LogP contribution in [-0.4, -0.2) is 25.3 Å². The van der Waals surface area contributed by atoms with Crippen LogP contribution in [0.5, 0.6) is 5.75 Å². The van der Waals surface area contributed by atoms with Crippen LogP contribution in [0, 0.1) is 0 Å². The highest BCUT2D eigenvalue weighted by Gasteiger charge is 2.12. The molecule has 1 atom stereocenters. The third-order valence-corrected chi connectivity index (χ3v) is 2.09. The predicted octanol–water partition coefficient (Wildman–Crippen LogP) is 1.29. The van der Waals surface area contributed by atoms with Crippen molar-refractivity contribution in [2.24, 2.45) is 0 Å². The first kappa shape index (κ1) is 11.5. The van der Waals surface area contributed by atoms with Crippen molar-refractivity contribution in [1.29, 1.82) is 0 Å². The maximum atomic E-state index is 10.9. The molecule has 0 aliphatic carbocycles. The number of hydrogen-bond donors (Lipinski definition) is 1. The molecule has 0 aromatic heterocycles. The number of rotatable bonds is 4. The largest absolute Gasteiger partial charge is 0.497 e. The molecule has 0 radical (unpaired) electrons. The third-order valence-electron chi connectivity index (χ3n) is 2.09. The van der Waals surface area contributed by atoms with E-state index < -0.39 is 12.1 Å². The smallest absolute Gasteiger partial charge is 0.308 e. The van der Waals surface area contributed by atoms with Crippen molar-refractivity contribution in [3.63, 3.8) is 0 Å². The highest BCUT2D eigenvalue weighted by atomic mass is 16.5. The molecule has 15 heavy (non-hydrogen) atoms. The van der Waals surface area contributed by atoms with Crippen LogP contribution in [-0.2, 0) is 9.53 Å². The van der Waals surface area contributed by atoms with Gasteiger partial charge in [-0.2, -0.15) is 0 Å². The molecule has 1 unspecified atom stereocenters. The first-order valence-corrected chi connectivity index (χ1v) is 4.56. The molecule has 0 amide bonds. The molecule has 1 rings (SSSR count). The minimum atomic E-state index is -0.830. The van der Waals surface area contributed by atoms with Crippen molar-refractivity contribution < 1.29 is 19.4 Å². The summed E-state index contributed by atoms with van der Waals surface area (Å²) >= 11 is 0. The highest BCUT2D eigenvalue weighted by molar-refractivity contribution is 5.70. The molecule has 0 aliphatic rings. The summed E-state index contributed by atoms with van der Waals surface area (Å²) in [5, 5.41) is 9.64. The van der Waals surface area contributed by atoms with E-state index >= 15 is 0 Å². The van der Waals surface area contributed by atoms with Gasteiger partial charge in [0.25, 0.3) is 0 Å². The summed E-state index contributed by atoms with van der Waals surface area (Å²) in [6, 6.07) is 6.89.